The third kappa shape index (κ3) is 6.39. The second-order valence-electron chi connectivity index (χ2n) is 10.2. The van der Waals surface area contributed by atoms with Gasteiger partial charge < -0.3 is 29.6 Å². The number of anilines is 1. The van der Waals surface area contributed by atoms with Crippen LogP contribution in [0.5, 0.6) is 5.88 Å². The van der Waals surface area contributed by atoms with Gasteiger partial charge >= 0.3 is 6.18 Å². The zero-order valence-corrected chi connectivity index (χ0v) is 24.2. The minimum absolute atomic E-state index is 0.0107. The second kappa shape index (κ2) is 11.9. The number of carbonyl (C=O) groups is 2. The maximum Gasteiger partial charge on any atom is 0.405 e. The summed E-state index contributed by atoms with van der Waals surface area (Å²) < 4.78 is 69.5. The van der Waals surface area contributed by atoms with Gasteiger partial charge in [0.25, 0.3) is 11.8 Å². The van der Waals surface area contributed by atoms with Crippen LogP contribution in [0.15, 0.2) is 57.9 Å². The van der Waals surface area contributed by atoms with Crippen LogP contribution in [0.4, 0.5) is 23.4 Å². The molecule has 5 aromatic rings. The van der Waals surface area contributed by atoms with Gasteiger partial charge in [0.2, 0.25) is 18.0 Å². The van der Waals surface area contributed by atoms with Crippen molar-refractivity contribution in [2.75, 3.05) is 26.0 Å². The molecular weight excluding hydrogens is 602 g/mol. The van der Waals surface area contributed by atoms with Gasteiger partial charge in [-0.25, -0.2) is 9.37 Å². The summed E-state index contributed by atoms with van der Waals surface area (Å²) in [6.07, 6.45) is -2.23. The lowest BCUT2D eigenvalue weighted by atomic mass is 10.0. The van der Waals surface area contributed by atoms with Crippen LogP contribution >= 0.6 is 0 Å². The molecule has 0 bridgehead atoms. The Morgan fingerprint density at radius 1 is 1.02 bits per heavy atom. The lowest BCUT2D eigenvalue weighted by Crippen LogP contribution is -2.42. The Labute approximate surface area is 252 Å². The number of ether oxygens (including phenoxy) is 1. The van der Waals surface area contributed by atoms with E-state index >= 15 is 0 Å². The van der Waals surface area contributed by atoms with Crippen LogP contribution in [-0.4, -0.2) is 58.8 Å². The van der Waals surface area contributed by atoms with E-state index in [1.54, 1.807) is 13.8 Å². The molecule has 16 heteroatoms. The van der Waals surface area contributed by atoms with E-state index in [1.807, 2.05) is 0 Å². The Hall–Kier alpha value is -5.54. The van der Waals surface area contributed by atoms with Crippen LogP contribution in [-0.2, 0) is 5.54 Å². The number of benzene rings is 1. The molecule has 0 atom stereocenters. The number of fused-ring (bicyclic) bond motifs is 1. The van der Waals surface area contributed by atoms with Crippen molar-refractivity contribution in [3.8, 4) is 28.3 Å². The summed E-state index contributed by atoms with van der Waals surface area (Å²) in [5.41, 5.74) is -0.775. The molecule has 0 aliphatic heterocycles. The van der Waals surface area contributed by atoms with Crippen LogP contribution in [0.3, 0.4) is 0 Å². The highest BCUT2D eigenvalue weighted by molar-refractivity contribution is 6.11. The van der Waals surface area contributed by atoms with Crippen molar-refractivity contribution < 1.29 is 40.8 Å². The van der Waals surface area contributed by atoms with Crippen LogP contribution < -0.4 is 20.7 Å². The van der Waals surface area contributed by atoms with Crippen molar-refractivity contribution in [1.29, 1.82) is 0 Å². The lowest BCUT2D eigenvalue weighted by Gasteiger charge is -2.23. The van der Waals surface area contributed by atoms with E-state index in [1.165, 1.54) is 56.8 Å². The van der Waals surface area contributed by atoms with Gasteiger partial charge in [0.15, 0.2) is 5.82 Å². The molecule has 1 aromatic carbocycles. The molecule has 12 nitrogen and oxygen atoms in total. The van der Waals surface area contributed by atoms with Crippen molar-refractivity contribution in [2.45, 2.75) is 25.6 Å². The number of nitrogens with zero attached hydrogens (tertiary/aromatic N) is 4. The molecule has 0 aliphatic rings. The van der Waals surface area contributed by atoms with Crippen molar-refractivity contribution in [3.05, 3.63) is 71.8 Å². The third-order valence-electron chi connectivity index (χ3n) is 6.65. The summed E-state index contributed by atoms with van der Waals surface area (Å²) in [4.78, 5) is 39.0. The van der Waals surface area contributed by atoms with Crippen LogP contribution in [0, 0.1) is 5.82 Å². The molecule has 4 aromatic heterocycles. The molecule has 0 unspecified atom stereocenters. The summed E-state index contributed by atoms with van der Waals surface area (Å²) in [5, 5.41) is 11.4. The van der Waals surface area contributed by atoms with Crippen molar-refractivity contribution in [2.24, 2.45) is 0 Å². The Bertz CT molecular complexity index is 1870. The molecule has 45 heavy (non-hydrogen) atoms. The fraction of sp³-hybridized carbons (Fsp3) is 0.241. The molecule has 0 aliphatic carbocycles. The fourth-order valence-electron chi connectivity index (χ4n) is 4.50. The predicted molar refractivity (Wildman–Crippen MR) is 152 cm³/mol. The number of hydrogen-bond acceptors (Lipinski definition) is 10. The van der Waals surface area contributed by atoms with Gasteiger partial charge in [-0.2, -0.15) is 23.1 Å². The maximum absolute atomic E-state index is 13.6. The highest BCUT2D eigenvalue weighted by atomic mass is 19.4. The number of halogens is 4. The number of amides is 2. The summed E-state index contributed by atoms with van der Waals surface area (Å²) in [6, 6.07) is 7.86. The van der Waals surface area contributed by atoms with E-state index in [2.05, 4.69) is 36.1 Å². The Morgan fingerprint density at radius 3 is 2.38 bits per heavy atom. The highest BCUT2D eigenvalue weighted by Crippen LogP contribution is 2.39. The standard InChI is InChI=1S/C29H25F4N7O5/c1-28(2,27-37-13-44-40-27)39-23(41)19-9-15(11-35-25(19)43-4)17-10-18-20(24(42)34-3)21(14-5-7-16(30)8-6-14)45-26(18)38-22(17)36-12-29(31,32)33/h5-11,13H,12H2,1-4H3,(H,34,42)(H,36,38)(H,39,41). The summed E-state index contributed by atoms with van der Waals surface area (Å²) in [7, 11) is 2.68. The predicted octanol–water partition coefficient (Wildman–Crippen LogP) is 5.09. The van der Waals surface area contributed by atoms with Gasteiger partial charge in [0.1, 0.15) is 29.5 Å². The molecule has 0 fully saturated rings. The number of hydrogen-bond donors (Lipinski definition) is 3. The van der Waals surface area contributed by atoms with Gasteiger partial charge in [-0.3, -0.25) is 9.59 Å². The van der Waals surface area contributed by atoms with Gasteiger partial charge in [-0.15, -0.1) is 0 Å². The van der Waals surface area contributed by atoms with Gasteiger partial charge in [0.05, 0.1) is 23.6 Å². The molecule has 0 radical (unpaired) electrons. The zero-order valence-electron chi connectivity index (χ0n) is 24.2. The van der Waals surface area contributed by atoms with E-state index < -0.39 is 35.9 Å². The van der Waals surface area contributed by atoms with E-state index in [0.29, 0.717) is 5.56 Å². The molecule has 5 rings (SSSR count). The SMILES string of the molecule is CNC(=O)c1c(-c2ccc(F)cc2)oc2nc(NCC(F)(F)F)c(-c3cnc(OC)c(C(=O)NC(C)(C)c4ncon4)c3)cc12. The highest BCUT2D eigenvalue weighted by Gasteiger charge is 2.31. The van der Waals surface area contributed by atoms with E-state index in [0.717, 1.165) is 6.39 Å². The molecule has 4 heterocycles. The molecule has 234 valence electrons. The van der Waals surface area contributed by atoms with E-state index in [9.17, 15) is 27.2 Å². The normalized spacial score (nSPS) is 11.8. The van der Waals surface area contributed by atoms with Gasteiger partial charge in [0, 0.05) is 29.9 Å². The van der Waals surface area contributed by atoms with E-state index in [4.69, 9.17) is 13.7 Å². The first-order valence-corrected chi connectivity index (χ1v) is 13.2. The second-order valence-corrected chi connectivity index (χ2v) is 10.2. The third-order valence-corrected chi connectivity index (χ3v) is 6.65. The Morgan fingerprint density at radius 2 is 1.76 bits per heavy atom. The molecule has 0 spiro atoms. The Balaban J connectivity index is 1.68. The number of pyridine rings is 2. The first-order chi connectivity index (χ1) is 21.3. The fourth-order valence-corrected chi connectivity index (χ4v) is 4.50. The number of rotatable bonds is 9. The minimum Gasteiger partial charge on any atom is -0.480 e. The van der Waals surface area contributed by atoms with Gasteiger partial charge in [-0.1, -0.05) is 5.16 Å². The summed E-state index contributed by atoms with van der Waals surface area (Å²) >= 11 is 0. The number of furan rings is 1. The molecule has 0 saturated heterocycles. The number of alkyl halides is 3. The first-order valence-electron chi connectivity index (χ1n) is 13.2. The first kappa shape index (κ1) is 30.9. The molecule has 3 N–H and O–H groups in total. The monoisotopic (exact) mass is 627 g/mol. The van der Waals surface area contributed by atoms with Crippen molar-refractivity contribution in [3.63, 3.8) is 0 Å². The zero-order chi connectivity index (χ0) is 32.5. The summed E-state index contributed by atoms with van der Waals surface area (Å²) in [6.45, 7) is 1.81. The average molecular weight is 628 g/mol. The van der Waals surface area contributed by atoms with Crippen molar-refractivity contribution in [1.82, 2.24) is 30.7 Å². The van der Waals surface area contributed by atoms with Crippen LogP contribution in [0.25, 0.3) is 33.6 Å². The average Bonchev–Trinajstić information content (AvgIpc) is 3.68. The number of aromatic nitrogens is 4. The largest absolute Gasteiger partial charge is 0.480 e. The molecule has 2 amide bonds. The van der Waals surface area contributed by atoms with Crippen LogP contribution in [0.1, 0.15) is 40.4 Å². The van der Waals surface area contributed by atoms with Crippen molar-refractivity contribution >= 4 is 28.7 Å². The minimum atomic E-state index is -4.62. The topological polar surface area (TPSA) is 157 Å². The quantitative estimate of drug-likeness (QED) is 0.188. The van der Waals surface area contributed by atoms with E-state index in [-0.39, 0.29) is 56.6 Å². The Kier molecular flexibility index (Phi) is 8.14. The summed E-state index contributed by atoms with van der Waals surface area (Å²) in [5.74, 6) is -1.92. The number of nitrogens with one attached hydrogen (secondary N) is 3. The molecule has 0 saturated carbocycles. The van der Waals surface area contributed by atoms with Crippen LogP contribution in [0.2, 0.25) is 0 Å². The maximum atomic E-state index is 13.6. The number of methoxy groups -OCH3 is 1. The smallest absolute Gasteiger partial charge is 0.405 e. The molecular formula is C29H25F4N7O5. The van der Waals surface area contributed by atoms with Gasteiger partial charge in [-0.05, 0) is 50.2 Å². The lowest BCUT2D eigenvalue weighted by molar-refractivity contribution is -0.115. The number of carbonyl (C=O) groups excluding carboxylic acids is 2.